The first-order chi connectivity index (χ1) is 12.2. The van der Waals surface area contributed by atoms with Crippen molar-refractivity contribution >= 4 is 5.91 Å². The van der Waals surface area contributed by atoms with Gasteiger partial charge in [0.1, 0.15) is 12.4 Å². The second-order valence-electron chi connectivity index (χ2n) is 7.11. The fourth-order valence-corrected chi connectivity index (χ4v) is 4.16. The van der Waals surface area contributed by atoms with Crippen LogP contribution in [0.4, 0.5) is 0 Å². The molecule has 0 aliphatic heterocycles. The van der Waals surface area contributed by atoms with E-state index in [0.717, 1.165) is 30.6 Å². The molecule has 2 aliphatic rings. The van der Waals surface area contributed by atoms with Crippen molar-refractivity contribution in [1.29, 1.82) is 0 Å². The SMILES string of the molecule is O=C(NC1CC2CCC1C2O)c1ccc(OCc2ccccc2)cc1. The van der Waals surface area contributed by atoms with Crippen LogP contribution < -0.4 is 10.1 Å². The molecular weight excluding hydrogens is 314 g/mol. The molecule has 25 heavy (non-hydrogen) atoms. The number of rotatable bonds is 5. The summed E-state index contributed by atoms with van der Waals surface area (Å²) in [6.45, 7) is 0.509. The van der Waals surface area contributed by atoms with Crippen molar-refractivity contribution in [1.82, 2.24) is 5.32 Å². The second kappa shape index (κ2) is 6.89. The molecule has 4 rings (SSSR count). The summed E-state index contributed by atoms with van der Waals surface area (Å²) in [6.07, 6.45) is 2.77. The molecule has 1 amide bonds. The van der Waals surface area contributed by atoms with Crippen molar-refractivity contribution < 1.29 is 14.6 Å². The van der Waals surface area contributed by atoms with E-state index in [1.54, 1.807) is 12.1 Å². The van der Waals surface area contributed by atoms with E-state index in [4.69, 9.17) is 4.74 Å². The van der Waals surface area contributed by atoms with Gasteiger partial charge in [0, 0.05) is 17.5 Å². The van der Waals surface area contributed by atoms with Crippen LogP contribution in [0.15, 0.2) is 54.6 Å². The number of fused-ring (bicyclic) bond motifs is 2. The van der Waals surface area contributed by atoms with Gasteiger partial charge in [-0.3, -0.25) is 4.79 Å². The van der Waals surface area contributed by atoms with Crippen LogP contribution in [-0.2, 0) is 6.61 Å². The van der Waals surface area contributed by atoms with E-state index in [1.807, 2.05) is 42.5 Å². The molecule has 2 fully saturated rings. The number of carbonyl (C=O) groups is 1. The van der Waals surface area contributed by atoms with Gasteiger partial charge < -0.3 is 15.2 Å². The number of aliphatic hydroxyl groups excluding tert-OH is 1. The predicted octanol–water partition coefficient (Wildman–Crippen LogP) is 3.15. The minimum absolute atomic E-state index is 0.0700. The molecule has 4 unspecified atom stereocenters. The van der Waals surface area contributed by atoms with Gasteiger partial charge in [0.05, 0.1) is 6.10 Å². The number of ether oxygens (including phenoxy) is 1. The average molecular weight is 337 g/mol. The molecule has 0 spiro atoms. The first-order valence-electron chi connectivity index (χ1n) is 8.96. The van der Waals surface area contributed by atoms with Gasteiger partial charge in [0.2, 0.25) is 0 Å². The van der Waals surface area contributed by atoms with Crippen LogP contribution in [0.5, 0.6) is 5.75 Å². The normalized spacial score (nSPS) is 27.2. The smallest absolute Gasteiger partial charge is 0.251 e. The van der Waals surface area contributed by atoms with Gasteiger partial charge >= 0.3 is 0 Å². The van der Waals surface area contributed by atoms with E-state index in [0.29, 0.717) is 18.1 Å². The Morgan fingerprint density at radius 2 is 1.84 bits per heavy atom. The number of carbonyl (C=O) groups excluding carboxylic acids is 1. The zero-order valence-electron chi connectivity index (χ0n) is 14.1. The molecule has 0 aromatic heterocycles. The molecule has 2 saturated carbocycles. The molecule has 4 atom stereocenters. The fraction of sp³-hybridized carbons (Fsp3) is 0.381. The van der Waals surface area contributed by atoms with Crippen LogP contribution in [0, 0.1) is 11.8 Å². The van der Waals surface area contributed by atoms with Gasteiger partial charge in [-0.2, -0.15) is 0 Å². The molecule has 0 heterocycles. The summed E-state index contributed by atoms with van der Waals surface area (Å²) in [6, 6.07) is 17.3. The van der Waals surface area contributed by atoms with Gasteiger partial charge in [-0.1, -0.05) is 30.3 Å². The predicted molar refractivity (Wildman–Crippen MR) is 95.3 cm³/mol. The lowest BCUT2D eigenvalue weighted by atomic mass is 9.95. The Hall–Kier alpha value is -2.33. The summed E-state index contributed by atoms with van der Waals surface area (Å²) in [5.74, 6) is 1.27. The minimum Gasteiger partial charge on any atom is -0.489 e. The lowest BCUT2D eigenvalue weighted by Crippen LogP contribution is -2.39. The van der Waals surface area contributed by atoms with Crippen molar-refractivity contribution in [3.63, 3.8) is 0 Å². The molecule has 4 heteroatoms. The Kier molecular flexibility index (Phi) is 4.45. The van der Waals surface area contributed by atoms with E-state index >= 15 is 0 Å². The molecule has 130 valence electrons. The fourth-order valence-electron chi connectivity index (χ4n) is 4.16. The van der Waals surface area contributed by atoms with Crippen LogP contribution in [0.2, 0.25) is 0 Å². The minimum atomic E-state index is -0.237. The zero-order valence-corrected chi connectivity index (χ0v) is 14.1. The molecule has 2 aromatic rings. The van der Waals surface area contributed by atoms with Crippen LogP contribution in [0.3, 0.4) is 0 Å². The lowest BCUT2D eigenvalue weighted by molar-refractivity contribution is 0.0904. The highest BCUT2D eigenvalue weighted by Crippen LogP contribution is 2.44. The molecule has 2 bridgehead atoms. The number of aliphatic hydroxyl groups is 1. The maximum absolute atomic E-state index is 12.4. The number of amides is 1. The van der Waals surface area contributed by atoms with Gasteiger partial charge in [0.15, 0.2) is 0 Å². The Morgan fingerprint density at radius 1 is 1.08 bits per heavy atom. The van der Waals surface area contributed by atoms with Crippen molar-refractivity contribution in [3.8, 4) is 5.75 Å². The van der Waals surface area contributed by atoms with E-state index in [-0.39, 0.29) is 24.0 Å². The Morgan fingerprint density at radius 3 is 2.48 bits per heavy atom. The summed E-state index contributed by atoms with van der Waals surface area (Å²) in [7, 11) is 0. The first kappa shape index (κ1) is 16.2. The molecule has 0 radical (unpaired) electrons. The van der Waals surface area contributed by atoms with Crippen LogP contribution in [-0.4, -0.2) is 23.2 Å². The Labute approximate surface area is 147 Å². The quantitative estimate of drug-likeness (QED) is 0.881. The van der Waals surface area contributed by atoms with E-state index in [1.165, 1.54) is 0 Å². The molecule has 0 saturated heterocycles. The first-order valence-corrected chi connectivity index (χ1v) is 8.96. The summed E-state index contributed by atoms with van der Waals surface area (Å²) in [5.41, 5.74) is 1.74. The standard InChI is InChI=1S/C21H23NO3/c23-20-16-8-11-18(20)19(12-16)22-21(24)15-6-9-17(10-7-15)25-13-14-4-2-1-3-5-14/h1-7,9-10,16,18-20,23H,8,11-13H2,(H,22,24). The van der Waals surface area contributed by atoms with Gasteiger partial charge in [-0.25, -0.2) is 0 Å². The number of hydrogen-bond donors (Lipinski definition) is 2. The molecule has 2 aromatic carbocycles. The third kappa shape index (κ3) is 3.40. The average Bonchev–Trinajstić information content (AvgIpc) is 3.15. The van der Waals surface area contributed by atoms with Crippen molar-refractivity contribution in [2.24, 2.45) is 11.8 Å². The number of nitrogens with one attached hydrogen (secondary N) is 1. The highest BCUT2D eigenvalue weighted by Gasteiger charge is 2.47. The summed E-state index contributed by atoms with van der Waals surface area (Å²) >= 11 is 0. The topological polar surface area (TPSA) is 58.6 Å². The third-order valence-corrected chi connectivity index (χ3v) is 5.55. The van der Waals surface area contributed by atoms with Crippen molar-refractivity contribution in [2.75, 3.05) is 0 Å². The third-order valence-electron chi connectivity index (χ3n) is 5.55. The monoisotopic (exact) mass is 337 g/mol. The maximum Gasteiger partial charge on any atom is 0.251 e. The van der Waals surface area contributed by atoms with Gasteiger partial charge in [0.25, 0.3) is 5.91 Å². The van der Waals surface area contributed by atoms with Gasteiger partial charge in [-0.15, -0.1) is 0 Å². The lowest BCUT2D eigenvalue weighted by Gasteiger charge is -2.22. The largest absolute Gasteiger partial charge is 0.489 e. The Bertz CT molecular complexity index is 729. The summed E-state index contributed by atoms with van der Waals surface area (Å²) in [4.78, 5) is 12.4. The van der Waals surface area contributed by atoms with E-state index < -0.39 is 0 Å². The number of benzene rings is 2. The second-order valence-corrected chi connectivity index (χ2v) is 7.11. The molecule has 2 aliphatic carbocycles. The molecular formula is C21H23NO3. The Balaban J connectivity index is 1.33. The van der Waals surface area contributed by atoms with Crippen LogP contribution in [0.1, 0.15) is 35.2 Å². The van der Waals surface area contributed by atoms with Crippen molar-refractivity contribution in [2.45, 2.75) is 38.0 Å². The number of hydrogen-bond acceptors (Lipinski definition) is 3. The highest BCUT2D eigenvalue weighted by molar-refractivity contribution is 5.94. The summed E-state index contributed by atoms with van der Waals surface area (Å²) < 4.78 is 5.75. The summed E-state index contributed by atoms with van der Waals surface area (Å²) in [5, 5.41) is 13.2. The highest BCUT2D eigenvalue weighted by atomic mass is 16.5. The zero-order chi connectivity index (χ0) is 17.2. The van der Waals surface area contributed by atoms with Gasteiger partial charge in [-0.05, 0) is 55.0 Å². The van der Waals surface area contributed by atoms with Crippen LogP contribution >= 0.6 is 0 Å². The van der Waals surface area contributed by atoms with Crippen LogP contribution in [0.25, 0.3) is 0 Å². The molecule has 4 nitrogen and oxygen atoms in total. The maximum atomic E-state index is 12.4. The van der Waals surface area contributed by atoms with E-state index in [9.17, 15) is 9.90 Å². The van der Waals surface area contributed by atoms with E-state index in [2.05, 4.69) is 5.32 Å². The van der Waals surface area contributed by atoms with Crippen molar-refractivity contribution in [3.05, 3.63) is 65.7 Å². The molecule has 2 N–H and O–H groups in total.